The summed E-state index contributed by atoms with van der Waals surface area (Å²) in [5.41, 5.74) is 0. The van der Waals surface area contributed by atoms with E-state index in [9.17, 15) is 8.42 Å². The van der Waals surface area contributed by atoms with Crippen LogP contribution in [0.3, 0.4) is 0 Å². The minimum Gasteiger partial charge on any atom is -0.207 e. The summed E-state index contributed by atoms with van der Waals surface area (Å²) in [4.78, 5) is 0.231. The van der Waals surface area contributed by atoms with Crippen molar-refractivity contribution in [1.82, 2.24) is 4.72 Å². The van der Waals surface area contributed by atoms with Gasteiger partial charge < -0.3 is 0 Å². The molecule has 0 unspecified atom stereocenters. The summed E-state index contributed by atoms with van der Waals surface area (Å²) in [7, 11) is -3.44. The van der Waals surface area contributed by atoms with Gasteiger partial charge in [-0.15, -0.1) is 5.92 Å². The quantitative estimate of drug-likeness (QED) is 0.861. The number of nitrogens with one attached hydrogen (secondary N) is 1. The minimum atomic E-state index is -3.44. The first-order chi connectivity index (χ1) is 7.06. The smallest absolute Gasteiger partial charge is 0.207 e. The molecule has 1 aromatic carbocycles. The normalized spacial score (nSPS) is 10.5. The first kappa shape index (κ1) is 12.2. The van der Waals surface area contributed by atoms with Crippen LogP contribution >= 0.6 is 15.9 Å². The molecule has 15 heavy (non-hydrogen) atoms. The lowest BCUT2D eigenvalue weighted by Gasteiger charge is -2.03. The van der Waals surface area contributed by atoms with Gasteiger partial charge in [0.05, 0.1) is 11.4 Å². The van der Waals surface area contributed by atoms with Gasteiger partial charge in [-0.25, -0.2) is 8.42 Å². The molecule has 80 valence electrons. The van der Waals surface area contributed by atoms with Gasteiger partial charge in [0.2, 0.25) is 10.0 Å². The van der Waals surface area contributed by atoms with E-state index in [0.29, 0.717) is 0 Å². The number of hydrogen-bond acceptors (Lipinski definition) is 2. The third-order valence-corrected chi connectivity index (χ3v) is 3.53. The molecule has 0 fully saturated rings. The van der Waals surface area contributed by atoms with Crippen LogP contribution in [0.15, 0.2) is 33.6 Å². The van der Waals surface area contributed by atoms with Gasteiger partial charge in [-0.05, 0) is 25.1 Å². The van der Waals surface area contributed by atoms with Crippen molar-refractivity contribution in [2.45, 2.75) is 11.8 Å². The van der Waals surface area contributed by atoms with E-state index in [4.69, 9.17) is 0 Å². The van der Waals surface area contributed by atoms with Gasteiger partial charge in [0, 0.05) is 4.47 Å². The predicted octanol–water partition coefficient (Wildman–Crippen LogP) is 1.75. The Labute approximate surface area is 98.1 Å². The Morgan fingerprint density at radius 3 is 2.80 bits per heavy atom. The molecule has 0 radical (unpaired) electrons. The molecule has 0 aromatic heterocycles. The first-order valence-electron chi connectivity index (χ1n) is 4.21. The molecular weight excluding hydrogens is 278 g/mol. The Morgan fingerprint density at radius 1 is 1.47 bits per heavy atom. The Balaban J connectivity index is 2.90. The molecule has 0 saturated heterocycles. The summed E-state index contributed by atoms with van der Waals surface area (Å²) < 4.78 is 26.4. The van der Waals surface area contributed by atoms with Crippen LogP contribution in [0.1, 0.15) is 6.92 Å². The van der Waals surface area contributed by atoms with E-state index in [1.165, 1.54) is 6.07 Å². The fraction of sp³-hybridized carbons (Fsp3) is 0.200. The molecule has 0 saturated carbocycles. The molecule has 3 nitrogen and oxygen atoms in total. The third-order valence-electron chi connectivity index (χ3n) is 1.63. The van der Waals surface area contributed by atoms with Crippen LogP contribution in [0.5, 0.6) is 0 Å². The molecule has 0 amide bonds. The highest BCUT2D eigenvalue weighted by atomic mass is 79.9. The lowest BCUT2D eigenvalue weighted by Crippen LogP contribution is -2.23. The fourth-order valence-corrected chi connectivity index (χ4v) is 2.46. The van der Waals surface area contributed by atoms with Crippen molar-refractivity contribution in [1.29, 1.82) is 0 Å². The van der Waals surface area contributed by atoms with Crippen LogP contribution in [0, 0.1) is 11.8 Å². The molecule has 0 aliphatic carbocycles. The molecule has 0 atom stereocenters. The van der Waals surface area contributed by atoms with E-state index in [-0.39, 0.29) is 11.4 Å². The van der Waals surface area contributed by atoms with Crippen molar-refractivity contribution >= 4 is 26.0 Å². The summed E-state index contributed by atoms with van der Waals surface area (Å²) in [5, 5.41) is 0. The Morgan fingerprint density at radius 2 is 2.20 bits per heavy atom. The summed E-state index contributed by atoms with van der Waals surface area (Å²) in [6.07, 6.45) is 0. The van der Waals surface area contributed by atoms with Gasteiger partial charge in [0.1, 0.15) is 0 Å². The van der Waals surface area contributed by atoms with Gasteiger partial charge in [0.25, 0.3) is 0 Å². The first-order valence-corrected chi connectivity index (χ1v) is 6.49. The highest BCUT2D eigenvalue weighted by molar-refractivity contribution is 9.10. The maximum absolute atomic E-state index is 11.7. The monoisotopic (exact) mass is 287 g/mol. The zero-order chi connectivity index (χ0) is 11.3. The number of rotatable bonds is 3. The maximum Gasteiger partial charge on any atom is 0.241 e. The average molecular weight is 288 g/mol. The van der Waals surface area contributed by atoms with Gasteiger partial charge in [0.15, 0.2) is 0 Å². The van der Waals surface area contributed by atoms with Crippen molar-refractivity contribution in [3.8, 4) is 11.8 Å². The van der Waals surface area contributed by atoms with Crippen molar-refractivity contribution in [3.05, 3.63) is 28.7 Å². The lowest BCUT2D eigenvalue weighted by molar-refractivity contribution is 0.586. The number of hydrogen-bond donors (Lipinski definition) is 1. The molecule has 5 heteroatoms. The number of halogens is 1. The molecule has 0 heterocycles. The summed E-state index contributed by atoms with van der Waals surface area (Å²) in [5.74, 6) is 5.25. The molecule has 1 N–H and O–H groups in total. The van der Waals surface area contributed by atoms with Crippen LogP contribution in [0.25, 0.3) is 0 Å². The van der Waals surface area contributed by atoms with Gasteiger partial charge >= 0.3 is 0 Å². The van der Waals surface area contributed by atoms with Crippen LogP contribution in [-0.2, 0) is 10.0 Å². The Hall–Kier alpha value is -0.830. The molecule has 0 spiro atoms. The highest BCUT2D eigenvalue weighted by Crippen LogP contribution is 2.15. The van der Waals surface area contributed by atoms with Gasteiger partial charge in [-0.2, -0.15) is 4.72 Å². The molecule has 1 aromatic rings. The zero-order valence-electron chi connectivity index (χ0n) is 8.12. The van der Waals surface area contributed by atoms with E-state index < -0.39 is 10.0 Å². The van der Waals surface area contributed by atoms with Crippen LogP contribution in [0.2, 0.25) is 0 Å². The second kappa shape index (κ2) is 5.31. The Bertz CT molecular complexity index is 500. The van der Waals surface area contributed by atoms with E-state index in [2.05, 4.69) is 32.5 Å². The number of sulfonamides is 1. The Kier molecular flexibility index (Phi) is 4.33. The molecule has 0 aliphatic heterocycles. The molecule has 1 rings (SSSR count). The van der Waals surface area contributed by atoms with Crippen molar-refractivity contribution in [3.63, 3.8) is 0 Å². The molecule has 0 bridgehead atoms. The van der Waals surface area contributed by atoms with Crippen LogP contribution in [0.4, 0.5) is 0 Å². The van der Waals surface area contributed by atoms with E-state index >= 15 is 0 Å². The highest BCUT2D eigenvalue weighted by Gasteiger charge is 2.12. The van der Waals surface area contributed by atoms with Gasteiger partial charge in [-0.1, -0.05) is 27.9 Å². The van der Waals surface area contributed by atoms with Gasteiger partial charge in [-0.3, -0.25) is 0 Å². The molecular formula is C10H10BrNO2S. The van der Waals surface area contributed by atoms with Crippen molar-refractivity contribution in [2.75, 3.05) is 6.54 Å². The average Bonchev–Trinajstić information content (AvgIpc) is 2.18. The summed E-state index contributed by atoms with van der Waals surface area (Å²) >= 11 is 3.22. The minimum absolute atomic E-state index is 0.130. The summed E-state index contributed by atoms with van der Waals surface area (Å²) in [6, 6.07) is 6.52. The van der Waals surface area contributed by atoms with Crippen LogP contribution < -0.4 is 4.72 Å². The second-order valence-electron chi connectivity index (χ2n) is 2.71. The van der Waals surface area contributed by atoms with E-state index in [1.807, 2.05) is 0 Å². The topological polar surface area (TPSA) is 46.2 Å². The largest absolute Gasteiger partial charge is 0.241 e. The maximum atomic E-state index is 11.7. The lowest BCUT2D eigenvalue weighted by atomic mass is 10.4. The SMILES string of the molecule is CC#CCNS(=O)(=O)c1cccc(Br)c1. The standard InChI is InChI=1S/C10H10BrNO2S/c1-2-3-7-12-15(13,14)10-6-4-5-9(11)8-10/h4-6,8,12H,7H2,1H3. The predicted molar refractivity (Wildman–Crippen MR) is 62.8 cm³/mol. The van der Waals surface area contributed by atoms with Crippen molar-refractivity contribution < 1.29 is 8.42 Å². The fourth-order valence-electron chi connectivity index (χ4n) is 0.937. The molecule has 0 aliphatic rings. The third kappa shape index (κ3) is 3.67. The van der Waals surface area contributed by atoms with E-state index in [1.54, 1.807) is 25.1 Å². The summed E-state index contributed by atoms with van der Waals surface area (Å²) in [6.45, 7) is 1.79. The second-order valence-corrected chi connectivity index (χ2v) is 5.39. The van der Waals surface area contributed by atoms with Crippen LogP contribution in [-0.4, -0.2) is 15.0 Å². The van der Waals surface area contributed by atoms with Crippen molar-refractivity contribution in [2.24, 2.45) is 0 Å². The van der Waals surface area contributed by atoms with E-state index in [0.717, 1.165) is 4.47 Å². The zero-order valence-corrected chi connectivity index (χ0v) is 10.5. The number of benzene rings is 1.